The quantitative estimate of drug-likeness (QED) is 0.683. The van der Waals surface area contributed by atoms with E-state index in [1.807, 2.05) is 20.8 Å². The van der Waals surface area contributed by atoms with E-state index in [0.717, 1.165) is 0 Å². The molecule has 0 saturated carbocycles. The smallest absolute Gasteiger partial charge is 0.270 e. The number of carbonyl (C=O) groups excluding carboxylic acids is 1. The summed E-state index contributed by atoms with van der Waals surface area (Å²) in [5.41, 5.74) is 0.590. The number of rotatable bonds is 4. The summed E-state index contributed by atoms with van der Waals surface area (Å²) in [6.07, 6.45) is 1.44. The van der Waals surface area contributed by atoms with Gasteiger partial charge in [-0.2, -0.15) is 0 Å². The minimum absolute atomic E-state index is 0.00664. The second-order valence-electron chi connectivity index (χ2n) is 6.39. The summed E-state index contributed by atoms with van der Waals surface area (Å²) in [5, 5.41) is 13.6. The first-order valence-corrected chi connectivity index (χ1v) is 7.37. The van der Waals surface area contributed by atoms with Crippen molar-refractivity contribution in [3.05, 3.63) is 57.9 Å². The van der Waals surface area contributed by atoms with E-state index in [0.29, 0.717) is 17.1 Å². The van der Waals surface area contributed by atoms with Gasteiger partial charge in [0.2, 0.25) is 0 Å². The Morgan fingerprint density at radius 2 is 1.96 bits per heavy atom. The van der Waals surface area contributed by atoms with Gasteiger partial charge in [-0.05, 0) is 51.5 Å². The number of carbonyl (C=O) groups is 1. The number of aromatic nitrogens is 1. The van der Waals surface area contributed by atoms with Gasteiger partial charge in [0.15, 0.2) is 0 Å². The lowest BCUT2D eigenvalue weighted by Crippen LogP contribution is -2.40. The van der Waals surface area contributed by atoms with Gasteiger partial charge in [-0.25, -0.2) is 4.98 Å². The lowest BCUT2D eigenvalue weighted by atomic mass is 10.1. The molecular weight excluding hydrogens is 310 g/mol. The van der Waals surface area contributed by atoms with E-state index < -0.39 is 4.92 Å². The van der Waals surface area contributed by atoms with Crippen molar-refractivity contribution in [3.8, 4) is 11.5 Å². The van der Waals surface area contributed by atoms with Crippen LogP contribution in [0.3, 0.4) is 0 Å². The van der Waals surface area contributed by atoms with Crippen LogP contribution in [0, 0.1) is 17.0 Å². The summed E-state index contributed by atoms with van der Waals surface area (Å²) >= 11 is 0. The highest BCUT2D eigenvalue weighted by Gasteiger charge is 2.16. The number of pyridine rings is 1. The molecule has 0 fully saturated rings. The molecule has 0 atom stereocenters. The molecular formula is C17H19N3O4. The molecule has 0 saturated heterocycles. The number of non-ortho nitro benzene ring substituents is 1. The predicted molar refractivity (Wildman–Crippen MR) is 89.4 cm³/mol. The van der Waals surface area contributed by atoms with E-state index in [9.17, 15) is 14.9 Å². The number of ether oxygens (including phenoxy) is 1. The Kier molecular flexibility index (Phi) is 4.82. The Bertz CT molecular complexity index is 764. The highest BCUT2D eigenvalue weighted by Crippen LogP contribution is 2.27. The molecule has 7 heteroatoms. The van der Waals surface area contributed by atoms with Crippen molar-refractivity contribution in [2.75, 3.05) is 0 Å². The van der Waals surface area contributed by atoms with Crippen LogP contribution in [-0.2, 0) is 0 Å². The number of nitro groups is 1. The number of nitrogens with zero attached hydrogens (tertiary/aromatic N) is 2. The average molecular weight is 329 g/mol. The molecule has 2 aromatic rings. The Morgan fingerprint density at radius 3 is 2.46 bits per heavy atom. The maximum Gasteiger partial charge on any atom is 0.270 e. The summed E-state index contributed by atoms with van der Waals surface area (Å²) in [7, 11) is 0. The van der Waals surface area contributed by atoms with Gasteiger partial charge in [0.05, 0.1) is 11.1 Å². The van der Waals surface area contributed by atoms with E-state index in [1.165, 1.54) is 24.4 Å². The minimum Gasteiger partial charge on any atom is -0.455 e. The molecule has 1 heterocycles. The van der Waals surface area contributed by atoms with Crippen LogP contribution >= 0.6 is 0 Å². The van der Waals surface area contributed by atoms with Crippen LogP contribution in [0.5, 0.6) is 11.5 Å². The van der Waals surface area contributed by atoms with Crippen LogP contribution in [0.15, 0.2) is 36.5 Å². The molecule has 2 rings (SSSR count). The Labute approximate surface area is 139 Å². The van der Waals surface area contributed by atoms with E-state index in [4.69, 9.17) is 4.74 Å². The van der Waals surface area contributed by atoms with E-state index >= 15 is 0 Å². The van der Waals surface area contributed by atoms with Crippen LogP contribution in [0.4, 0.5) is 5.69 Å². The van der Waals surface area contributed by atoms with Crippen LogP contribution in [0.2, 0.25) is 0 Å². The molecule has 1 aromatic heterocycles. The van der Waals surface area contributed by atoms with Crippen molar-refractivity contribution in [2.45, 2.75) is 33.2 Å². The molecule has 1 amide bonds. The second kappa shape index (κ2) is 6.66. The number of amides is 1. The monoisotopic (exact) mass is 329 g/mol. The standard InChI is InChI=1S/C17H19N3O4/c1-11-9-12(20(22)23)5-8-15(11)24-13-6-7-14(18-10-13)16(21)19-17(2,3)4/h5-10H,1-4H3,(H,19,21). The minimum atomic E-state index is -0.457. The maximum absolute atomic E-state index is 12.0. The molecule has 0 aliphatic carbocycles. The lowest BCUT2D eigenvalue weighted by molar-refractivity contribution is -0.384. The zero-order chi connectivity index (χ0) is 17.9. The van der Waals surface area contributed by atoms with Crippen LogP contribution in [-0.4, -0.2) is 21.4 Å². The van der Waals surface area contributed by atoms with Crippen LogP contribution in [0.1, 0.15) is 36.8 Å². The first-order chi connectivity index (χ1) is 11.2. The number of nitro benzene ring substituents is 1. The average Bonchev–Trinajstić information content (AvgIpc) is 2.48. The first-order valence-electron chi connectivity index (χ1n) is 7.37. The summed E-state index contributed by atoms with van der Waals surface area (Å²) in [6, 6.07) is 7.55. The van der Waals surface area contributed by atoms with Crippen molar-refractivity contribution in [1.29, 1.82) is 0 Å². The summed E-state index contributed by atoms with van der Waals surface area (Å²) in [5.74, 6) is 0.675. The van der Waals surface area contributed by atoms with Crippen molar-refractivity contribution in [1.82, 2.24) is 10.3 Å². The normalized spacial score (nSPS) is 11.0. The second-order valence-corrected chi connectivity index (χ2v) is 6.39. The fraction of sp³-hybridized carbons (Fsp3) is 0.294. The molecule has 0 aliphatic rings. The van der Waals surface area contributed by atoms with Crippen LogP contribution in [0.25, 0.3) is 0 Å². The van der Waals surface area contributed by atoms with Gasteiger partial charge in [0.25, 0.3) is 11.6 Å². The predicted octanol–water partition coefficient (Wildman–Crippen LogP) is 3.62. The molecule has 0 unspecified atom stereocenters. The molecule has 24 heavy (non-hydrogen) atoms. The van der Waals surface area contributed by atoms with Gasteiger partial charge in [0.1, 0.15) is 17.2 Å². The third kappa shape index (κ3) is 4.52. The highest BCUT2D eigenvalue weighted by molar-refractivity contribution is 5.92. The number of hydrogen-bond donors (Lipinski definition) is 1. The number of hydrogen-bond acceptors (Lipinski definition) is 5. The number of aryl methyl sites for hydroxylation is 1. The highest BCUT2D eigenvalue weighted by atomic mass is 16.6. The Hall–Kier alpha value is -2.96. The van der Waals surface area contributed by atoms with E-state index in [-0.39, 0.29) is 22.8 Å². The number of benzene rings is 1. The molecule has 1 aromatic carbocycles. The zero-order valence-electron chi connectivity index (χ0n) is 14.0. The third-order valence-electron chi connectivity index (χ3n) is 3.05. The summed E-state index contributed by atoms with van der Waals surface area (Å²) < 4.78 is 5.66. The van der Waals surface area contributed by atoms with Crippen LogP contribution < -0.4 is 10.1 Å². The van der Waals surface area contributed by atoms with Crippen molar-refractivity contribution in [2.24, 2.45) is 0 Å². The van der Waals surface area contributed by atoms with Crippen molar-refractivity contribution < 1.29 is 14.5 Å². The molecule has 126 valence electrons. The van der Waals surface area contributed by atoms with Gasteiger partial charge in [0, 0.05) is 17.7 Å². The van der Waals surface area contributed by atoms with Gasteiger partial charge >= 0.3 is 0 Å². The number of nitrogens with one attached hydrogen (secondary N) is 1. The van der Waals surface area contributed by atoms with E-state index in [2.05, 4.69) is 10.3 Å². The molecule has 1 N–H and O–H groups in total. The van der Waals surface area contributed by atoms with E-state index in [1.54, 1.807) is 19.1 Å². The third-order valence-corrected chi connectivity index (χ3v) is 3.05. The fourth-order valence-electron chi connectivity index (χ4n) is 1.97. The van der Waals surface area contributed by atoms with Gasteiger partial charge < -0.3 is 10.1 Å². The Morgan fingerprint density at radius 1 is 1.25 bits per heavy atom. The largest absolute Gasteiger partial charge is 0.455 e. The van der Waals surface area contributed by atoms with Crippen molar-refractivity contribution >= 4 is 11.6 Å². The fourth-order valence-corrected chi connectivity index (χ4v) is 1.97. The van der Waals surface area contributed by atoms with Gasteiger partial charge in [-0.1, -0.05) is 0 Å². The molecule has 0 bridgehead atoms. The Balaban J connectivity index is 2.12. The summed E-state index contributed by atoms with van der Waals surface area (Å²) in [4.78, 5) is 26.4. The molecule has 0 aliphatic heterocycles. The van der Waals surface area contributed by atoms with Crippen molar-refractivity contribution in [3.63, 3.8) is 0 Å². The molecule has 7 nitrogen and oxygen atoms in total. The summed E-state index contributed by atoms with van der Waals surface area (Å²) in [6.45, 7) is 7.39. The van der Waals surface area contributed by atoms with Gasteiger partial charge in [-0.3, -0.25) is 14.9 Å². The van der Waals surface area contributed by atoms with Gasteiger partial charge in [-0.15, -0.1) is 0 Å². The lowest BCUT2D eigenvalue weighted by Gasteiger charge is -2.20. The molecule has 0 spiro atoms. The topological polar surface area (TPSA) is 94.4 Å². The zero-order valence-corrected chi connectivity index (χ0v) is 14.0. The molecule has 0 radical (unpaired) electrons. The SMILES string of the molecule is Cc1cc([N+](=O)[O-])ccc1Oc1ccc(C(=O)NC(C)(C)C)nc1. The first kappa shape index (κ1) is 17.4. The maximum atomic E-state index is 12.0.